The van der Waals surface area contributed by atoms with E-state index in [1.54, 1.807) is 5.51 Å². The Bertz CT molecular complexity index is 304. The van der Waals surface area contributed by atoms with E-state index in [4.69, 9.17) is 5.11 Å². The molecule has 1 rings (SSSR count). The molecule has 3 nitrogen and oxygen atoms in total. The summed E-state index contributed by atoms with van der Waals surface area (Å²) in [5, 5.41) is 10.9. The molecule has 0 atom stereocenters. The molecule has 0 saturated carbocycles. The van der Waals surface area contributed by atoms with Crippen LogP contribution in [0.1, 0.15) is 10.6 Å². The highest BCUT2D eigenvalue weighted by Crippen LogP contribution is 2.13. The number of aryl methyl sites for hydroxylation is 1. The van der Waals surface area contributed by atoms with E-state index in [2.05, 4.69) is 10.3 Å². The number of hydrogen-bond acceptors (Lipinski definition) is 4. The zero-order valence-corrected chi connectivity index (χ0v) is 9.28. The molecule has 86 valence electrons. The summed E-state index contributed by atoms with van der Waals surface area (Å²) in [6.07, 6.45) is 0.692. The van der Waals surface area contributed by atoms with Crippen molar-refractivity contribution in [3.8, 4) is 0 Å². The zero-order valence-electron chi connectivity index (χ0n) is 8.46. The first-order valence-corrected chi connectivity index (χ1v) is 5.51. The lowest BCUT2D eigenvalue weighted by Crippen LogP contribution is -2.36. The molecule has 0 aliphatic rings. The lowest BCUT2D eigenvalue weighted by atomic mass is 10.3. The van der Waals surface area contributed by atoms with Crippen molar-refractivity contribution in [2.45, 2.75) is 19.3 Å². The maximum Gasteiger partial charge on any atom is 0.282 e. The molecule has 1 aromatic rings. The van der Waals surface area contributed by atoms with Crippen molar-refractivity contribution in [2.24, 2.45) is 0 Å². The first kappa shape index (κ1) is 12.5. The fraction of sp³-hybridized carbons (Fsp3) is 0.667. The van der Waals surface area contributed by atoms with Crippen LogP contribution in [0, 0.1) is 6.92 Å². The van der Waals surface area contributed by atoms with Crippen molar-refractivity contribution < 1.29 is 13.9 Å². The Balaban J connectivity index is 2.20. The number of nitrogens with zero attached hydrogens (tertiary/aromatic N) is 1. The van der Waals surface area contributed by atoms with Crippen molar-refractivity contribution in [2.75, 3.05) is 19.7 Å². The van der Waals surface area contributed by atoms with E-state index in [-0.39, 0.29) is 0 Å². The first-order valence-electron chi connectivity index (χ1n) is 4.63. The van der Waals surface area contributed by atoms with Gasteiger partial charge in [-0.25, -0.2) is 13.8 Å². The SMILES string of the molecule is Cc1ncsc1CCNCC(F)(F)CO. The fourth-order valence-corrected chi connectivity index (χ4v) is 1.88. The molecule has 0 fully saturated rings. The Morgan fingerprint density at radius 2 is 2.33 bits per heavy atom. The number of aromatic nitrogens is 1. The van der Waals surface area contributed by atoms with Gasteiger partial charge in [0.05, 0.1) is 17.7 Å². The third kappa shape index (κ3) is 4.19. The second-order valence-corrected chi connectivity index (χ2v) is 4.24. The topological polar surface area (TPSA) is 45.2 Å². The second kappa shape index (κ2) is 5.48. The Morgan fingerprint density at radius 3 is 2.87 bits per heavy atom. The maximum absolute atomic E-state index is 12.6. The van der Waals surface area contributed by atoms with Crippen LogP contribution in [-0.2, 0) is 6.42 Å². The number of halogens is 2. The molecule has 0 aromatic carbocycles. The number of hydrogen-bond donors (Lipinski definition) is 2. The Morgan fingerprint density at radius 1 is 1.60 bits per heavy atom. The quantitative estimate of drug-likeness (QED) is 0.730. The van der Waals surface area contributed by atoms with Crippen LogP contribution in [0.4, 0.5) is 8.78 Å². The minimum Gasteiger partial charge on any atom is -0.390 e. The van der Waals surface area contributed by atoms with Crippen molar-refractivity contribution in [3.63, 3.8) is 0 Å². The Labute approximate surface area is 91.2 Å². The minimum absolute atomic E-state index is 0.471. The van der Waals surface area contributed by atoms with Gasteiger partial charge in [0.2, 0.25) is 0 Å². The van der Waals surface area contributed by atoms with Gasteiger partial charge in [-0.15, -0.1) is 11.3 Å². The van der Waals surface area contributed by atoms with Gasteiger partial charge in [-0.1, -0.05) is 0 Å². The lowest BCUT2D eigenvalue weighted by molar-refractivity contribution is -0.0473. The average Bonchev–Trinajstić information content (AvgIpc) is 2.59. The van der Waals surface area contributed by atoms with Gasteiger partial charge in [-0.3, -0.25) is 0 Å². The first-order chi connectivity index (χ1) is 7.05. The van der Waals surface area contributed by atoms with Gasteiger partial charge in [0.1, 0.15) is 6.61 Å². The summed E-state index contributed by atoms with van der Waals surface area (Å²) in [6.45, 7) is 0.772. The molecule has 0 bridgehead atoms. The van der Waals surface area contributed by atoms with Crippen molar-refractivity contribution in [1.29, 1.82) is 0 Å². The highest BCUT2D eigenvalue weighted by molar-refractivity contribution is 7.09. The van der Waals surface area contributed by atoms with Gasteiger partial charge in [0.25, 0.3) is 5.92 Å². The molecule has 0 radical (unpaired) electrons. The highest BCUT2D eigenvalue weighted by atomic mass is 32.1. The normalized spacial score (nSPS) is 12.0. The standard InChI is InChI=1S/C9H14F2N2OS/c1-7-8(15-6-13-7)2-3-12-4-9(10,11)5-14/h6,12,14H,2-5H2,1H3. The van der Waals surface area contributed by atoms with Crippen LogP contribution in [0.25, 0.3) is 0 Å². The van der Waals surface area contributed by atoms with E-state index in [1.165, 1.54) is 11.3 Å². The van der Waals surface area contributed by atoms with E-state index >= 15 is 0 Å². The molecule has 6 heteroatoms. The molecule has 1 aromatic heterocycles. The molecular formula is C9H14F2N2OS. The summed E-state index contributed by atoms with van der Waals surface area (Å²) < 4.78 is 25.2. The van der Waals surface area contributed by atoms with Crippen molar-refractivity contribution in [1.82, 2.24) is 10.3 Å². The second-order valence-electron chi connectivity index (χ2n) is 3.30. The van der Waals surface area contributed by atoms with Gasteiger partial charge < -0.3 is 10.4 Å². The molecule has 0 spiro atoms. The van der Waals surface area contributed by atoms with Gasteiger partial charge in [-0.2, -0.15) is 0 Å². The van der Waals surface area contributed by atoms with Crippen LogP contribution in [0.15, 0.2) is 5.51 Å². The summed E-state index contributed by atoms with van der Waals surface area (Å²) in [6, 6.07) is 0. The van der Waals surface area contributed by atoms with E-state index < -0.39 is 19.1 Å². The van der Waals surface area contributed by atoms with Crippen LogP contribution in [0.3, 0.4) is 0 Å². The summed E-state index contributed by atoms with van der Waals surface area (Å²) in [5.74, 6) is -3.03. The molecule has 0 unspecified atom stereocenters. The zero-order chi connectivity index (χ0) is 11.3. The summed E-state index contributed by atoms with van der Waals surface area (Å²) >= 11 is 1.53. The molecule has 0 aliphatic heterocycles. The number of aliphatic hydroxyl groups is 1. The van der Waals surface area contributed by atoms with Gasteiger partial charge in [0, 0.05) is 11.4 Å². The molecule has 0 saturated heterocycles. The molecule has 0 aliphatic carbocycles. The highest BCUT2D eigenvalue weighted by Gasteiger charge is 2.26. The third-order valence-electron chi connectivity index (χ3n) is 1.99. The van der Waals surface area contributed by atoms with E-state index in [1.807, 2.05) is 6.92 Å². The third-order valence-corrected chi connectivity index (χ3v) is 2.98. The molecule has 0 amide bonds. The summed E-state index contributed by atoms with van der Waals surface area (Å²) in [5.41, 5.74) is 2.70. The van der Waals surface area contributed by atoms with Crippen LogP contribution in [0.5, 0.6) is 0 Å². The largest absolute Gasteiger partial charge is 0.390 e. The fourth-order valence-electron chi connectivity index (χ4n) is 1.10. The smallest absolute Gasteiger partial charge is 0.282 e. The number of aliphatic hydroxyl groups excluding tert-OH is 1. The summed E-state index contributed by atoms with van der Waals surface area (Å²) in [4.78, 5) is 5.17. The molecular weight excluding hydrogens is 222 g/mol. The molecule has 1 heterocycles. The van der Waals surface area contributed by atoms with Crippen LogP contribution in [0.2, 0.25) is 0 Å². The predicted octanol–water partition coefficient (Wildman–Crippen LogP) is 1.21. The average molecular weight is 236 g/mol. The van der Waals surface area contributed by atoms with E-state index in [0.29, 0.717) is 13.0 Å². The monoisotopic (exact) mass is 236 g/mol. The van der Waals surface area contributed by atoms with Crippen molar-refractivity contribution >= 4 is 11.3 Å². The van der Waals surface area contributed by atoms with Gasteiger partial charge in [0.15, 0.2) is 0 Å². The van der Waals surface area contributed by atoms with Crippen molar-refractivity contribution in [3.05, 3.63) is 16.1 Å². The Hall–Kier alpha value is -0.590. The van der Waals surface area contributed by atoms with E-state index in [9.17, 15) is 8.78 Å². The summed E-state index contributed by atoms with van der Waals surface area (Å²) in [7, 11) is 0. The Kier molecular flexibility index (Phi) is 4.56. The number of alkyl halides is 2. The number of nitrogens with one attached hydrogen (secondary N) is 1. The minimum atomic E-state index is -3.03. The number of rotatable bonds is 6. The van der Waals surface area contributed by atoms with Crippen LogP contribution < -0.4 is 5.32 Å². The van der Waals surface area contributed by atoms with Gasteiger partial charge in [-0.05, 0) is 13.3 Å². The van der Waals surface area contributed by atoms with Gasteiger partial charge >= 0.3 is 0 Å². The van der Waals surface area contributed by atoms with Crippen LogP contribution >= 0.6 is 11.3 Å². The lowest BCUT2D eigenvalue weighted by Gasteiger charge is -2.13. The maximum atomic E-state index is 12.6. The molecule has 2 N–H and O–H groups in total. The molecule has 15 heavy (non-hydrogen) atoms. The predicted molar refractivity (Wildman–Crippen MR) is 55.5 cm³/mol. The van der Waals surface area contributed by atoms with E-state index in [0.717, 1.165) is 10.6 Å². The van der Waals surface area contributed by atoms with Crippen LogP contribution in [-0.4, -0.2) is 35.7 Å². The number of thiazole rings is 1.